The van der Waals surface area contributed by atoms with Gasteiger partial charge in [0.25, 0.3) is 0 Å². The van der Waals surface area contributed by atoms with Crippen LogP contribution >= 0.6 is 0 Å². The average Bonchev–Trinajstić information content (AvgIpc) is 2.77. The van der Waals surface area contributed by atoms with Crippen molar-refractivity contribution >= 4 is 5.91 Å². The van der Waals surface area contributed by atoms with E-state index in [1.165, 1.54) is 6.42 Å². The number of hydrogen-bond donors (Lipinski definition) is 1. The summed E-state index contributed by atoms with van der Waals surface area (Å²) in [5, 5.41) is 3.14. The van der Waals surface area contributed by atoms with E-state index < -0.39 is 0 Å². The highest BCUT2D eigenvalue weighted by Gasteiger charge is 2.48. The van der Waals surface area contributed by atoms with Crippen molar-refractivity contribution < 1.29 is 9.53 Å². The van der Waals surface area contributed by atoms with Gasteiger partial charge in [0.05, 0.1) is 12.1 Å². The molecule has 16 heavy (non-hydrogen) atoms. The van der Waals surface area contributed by atoms with Gasteiger partial charge in [0, 0.05) is 12.5 Å². The van der Waals surface area contributed by atoms with Crippen molar-refractivity contribution in [2.24, 2.45) is 17.8 Å². The van der Waals surface area contributed by atoms with Crippen molar-refractivity contribution in [1.82, 2.24) is 5.32 Å². The molecule has 3 rings (SSSR count). The second-order valence-corrected chi connectivity index (χ2v) is 5.77. The molecule has 3 fully saturated rings. The van der Waals surface area contributed by atoms with E-state index in [9.17, 15) is 4.79 Å². The van der Waals surface area contributed by atoms with Crippen LogP contribution in [0.25, 0.3) is 0 Å². The van der Waals surface area contributed by atoms with Gasteiger partial charge in [-0.05, 0) is 50.9 Å². The smallest absolute Gasteiger partial charge is 0.223 e. The normalized spacial score (nSPS) is 42.8. The maximum atomic E-state index is 12.0. The second-order valence-electron chi connectivity index (χ2n) is 5.77. The third kappa shape index (κ3) is 1.97. The van der Waals surface area contributed by atoms with Crippen LogP contribution in [0, 0.1) is 17.8 Å². The van der Waals surface area contributed by atoms with Gasteiger partial charge in [0.2, 0.25) is 5.91 Å². The van der Waals surface area contributed by atoms with Crippen molar-refractivity contribution in [2.45, 2.75) is 51.2 Å². The van der Waals surface area contributed by atoms with E-state index in [1.807, 2.05) is 0 Å². The van der Waals surface area contributed by atoms with E-state index in [1.54, 1.807) is 0 Å². The van der Waals surface area contributed by atoms with Gasteiger partial charge in [-0.1, -0.05) is 0 Å². The van der Waals surface area contributed by atoms with Crippen LogP contribution in [0.4, 0.5) is 0 Å². The third-order valence-electron chi connectivity index (χ3n) is 4.51. The molecule has 0 radical (unpaired) electrons. The zero-order chi connectivity index (χ0) is 11.1. The Morgan fingerprint density at radius 3 is 2.69 bits per heavy atom. The standard InChI is InChI=1S/C13H21NO2/c1-8(12-3-2-4-16-12)14-13(15)11-6-9-5-10(9)7-11/h8-12H,2-7H2,1H3,(H,14,15). The van der Waals surface area contributed by atoms with Crippen LogP contribution in [0.2, 0.25) is 0 Å². The Kier molecular flexibility index (Phi) is 2.66. The fourth-order valence-electron chi connectivity index (χ4n) is 3.36. The zero-order valence-corrected chi connectivity index (χ0v) is 9.95. The van der Waals surface area contributed by atoms with Gasteiger partial charge in [0.15, 0.2) is 0 Å². The molecule has 4 atom stereocenters. The van der Waals surface area contributed by atoms with Crippen molar-refractivity contribution in [3.63, 3.8) is 0 Å². The molecule has 1 heterocycles. The Hall–Kier alpha value is -0.570. The Morgan fingerprint density at radius 2 is 2.06 bits per heavy atom. The highest BCUT2D eigenvalue weighted by Crippen LogP contribution is 2.54. The van der Waals surface area contributed by atoms with Crippen molar-refractivity contribution in [2.75, 3.05) is 6.61 Å². The largest absolute Gasteiger partial charge is 0.376 e. The molecule has 0 aromatic carbocycles. The Bertz CT molecular complexity index is 276. The first-order valence-electron chi connectivity index (χ1n) is 6.66. The lowest BCUT2D eigenvalue weighted by atomic mass is 10.0. The van der Waals surface area contributed by atoms with E-state index in [0.29, 0.717) is 5.92 Å². The van der Waals surface area contributed by atoms with Crippen LogP contribution < -0.4 is 5.32 Å². The van der Waals surface area contributed by atoms with Crippen LogP contribution in [-0.2, 0) is 9.53 Å². The number of fused-ring (bicyclic) bond motifs is 1. The molecule has 2 saturated carbocycles. The minimum atomic E-state index is 0.187. The molecule has 0 spiro atoms. The van der Waals surface area contributed by atoms with E-state index in [0.717, 1.165) is 44.1 Å². The summed E-state index contributed by atoms with van der Waals surface area (Å²) >= 11 is 0. The first-order valence-corrected chi connectivity index (χ1v) is 6.66. The summed E-state index contributed by atoms with van der Waals surface area (Å²) in [5.74, 6) is 2.34. The molecular formula is C13H21NO2. The zero-order valence-electron chi connectivity index (χ0n) is 9.95. The van der Waals surface area contributed by atoms with Gasteiger partial charge >= 0.3 is 0 Å². The number of carbonyl (C=O) groups excluding carboxylic acids is 1. The predicted octanol–water partition coefficient (Wildman–Crippen LogP) is 1.72. The molecular weight excluding hydrogens is 202 g/mol. The molecule has 90 valence electrons. The minimum absolute atomic E-state index is 0.187. The molecule has 1 aliphatic heterocycles. The maximum absolute atomic E-state index is 12.0. The molecule has 4 unspecified atom stereocenters. The number of nitrogens with one attached hydrogen (secondary N) is 1. The van der Waals surface area contributed by atoms with Crippen molar-refractivity contribution in [3.05, 3.63) is 0 Å². The summed E-state index contributed by atoms with van der Waals surface area (Å²) in [7, 11) is 0. The van der Waals surface area contributed by atoms with Gasteiger partial charge in [0.1, 0.15) is 0 Å². The van der Waals surface area contributed by atoms with E-state index in [4.69, 9.17) is 4.74 Å². The summed E-state index contributed by atoms with van der Waals surface area (Å²) in [5.41, 5.74) is 0. The first kappa shape index (κ1) is 10.6. The third-order valence-corrected chi connectivity index (χ3v) is 4.51. The topological polar surface area (TPSA) is 38.3 Å². The van der Waals surface area contributed by atoms with Crippen LogP contribution in [0.1, 0.15) is 39.0 Å². The van der Waals surface area contributed by atoms with Crippen LogP contribution in [-0.4, -0.2) is 24.7 Å². The maximum Gasteiger partial charge on any atom is 0.223 e. The fraction of sp³-hybridized carbons (Fsp3) is 0.923. The lowest BCUT2D eigenvalue weighted by Crippen LogP contribution is -2.43. The van der Waals surface area contributed by atoms with Gasteiger partial charge < -0.3 is 10.1 Å². The van der Waals surface area contributed by atoms with Crippen LogP contribution in [0.15, 0.2) is 0 Å². The van der Waals surface area contributed by atoms with E-state index in [2.05, 4.69) is 12.2 Å². The van der Waals surface area contributed by atoms with Gasteiger partial charge in [-0.25, -0.2) is 0 Å². The van der Waals surface area contributed by atoms with Crippen LogP contribution in [0.3, 0.4) is 0 Å². The molecule has 0 bridgehead atoms. The molecule has 2 aliphatic carbocycles. The molecule has 3 aliphatic rings. The minimum Gasteiger partial charge on any atom is -0.376 e. The highest BCUT2D eigenvalue weighted by atomic mass is 16.5. The molecule has 3 heteroatoms. The van der Waals surface area contributed by atoms with Crippen LogP contribution in [0.5, 0.6) is 0 Å². The summed E-state index contributed by atoms with van der Waals surface area (Å²) in [6, 6.07) is 0.187. The summed E-state index contributed by atoms with van der Waals surface area (Å²) in [4.78, 5) is 12.0. The number of hydrogen-bond acceptors (Lipinski definition) is 2. The Balaban J connectivity index is 1.48. The first-order chi connectivity index (χ1) is 7.74. The Labute approximate surface area is 96.9 Å². The number of carbonyl (C=O) groups is 1. The number of amides is 1. The lowest BCUT2D eigenvalue weighted by Gasteiger charge is -2.22. The molecule has 1 amide bonds. The van der Waals surface area contributed by atoms with Crippen molar-refractivity contribution in [1.29, 1.82) is 0 Å². The molecule has 0 aromatic heterocycles. The molecule has 1 N–H and O–H groups in total. The summed E-state index contributed by atoms with van der Waals surface area (Å²) in [6.07, 6.45) is 6.13. The van der Waals surface area contributed by atoms with Gasteiger partial charge in [-0.3, -0.25) is 4.79 Å². The fourth-order valence-corrected chi connectivity index (χ4v) is 3.36. The number of rotatable bonds is 3. The quantitative estimate of drug-likeness (QED) is 0.791. The molecule has 3 nitrogen and oxygen atoms in total. The SMILES string of the molecule is CC(NC(=O)C1CC2CC2C1)C1CCCO1. The highest BCUT2D eigenvalue weighted by molar-refractivity contribution is 5.79. The predicted molar refractivity (Wildman–Crippen MR) is 60.9 cm³/mol. The Morgan fingerprint density at radius 1 is 1.31 bits per heavy atom. The van der Waals surface area contributed by atoms with E-state index in [-0.39, 0.29) is 18.1 Å². The summed E-state index contributed by atoms with van der Waals surface area (Å²) < 4.78 is 5.59. The lowest BCUT2D eigenvalue weighted by molar-refractivity contribution is -0.126. The van der Waals surface area contributed by atoms with Crippen molar-refractivity contribution in [3.8, 4) is 0 Å². The van der Waals surface area contributed by atoms with Gasteiger partial charge in [-0.15, -0.1) is 0 Å². The van der Waals surface area contributed by atoms with Gasteiger partial charge in [-0.2, -0.15) is 0 Å². The molecule has 0 aromatic rings. The number of ether oxygens (including phenoxy) is 1. The second kappa shape index (κ2) is 4.02. The average molecular weight is 223 g/mol. The summed E-state index contributed by atoms with van der Waals surface area (Å²) in [6.45, 7) is 2.93. The molecule has 1 saturated heterocycles. The monoisotopic (exact) mass is 223 g/mol. The van der Waals surface area contributed by atoms with E-state index >= 15 is 0 Å².